The predicted octanol–water partition coefficient (Wildman–Crippen LogP) is 0.790. The van der Waals surface area contributed by atoms with E-state index in [0.717, 1.165) is 25.7 Å². The first kappa shape index (κ1) is 15.5. The zero-order chi connectivity index (χ0) is 12.6. The van der Waals surface area contributed by atoms with E-state index in [-0.39, 0.29) is 23.7 Å². The molecule has 0 saturated carbocycles. The van der Waals surface area contributed by atoms with Crippen molar-refractivity contribution < 1.29 is 13.2 Å². The molecule has 3 atom stereocenters. The lowest BCUT2D eigenvalue weighted by Gasteiger charge is -2.31. The smallest absolute Gasteiger partial charge is 0.217 e. The number of fused-ring (bicyclic) bond motifs is 2. The average molecular weight is 311 g/mol. The molecule has 0 aromatic heterocycles. The number of hydrogen-bond donors (Lipinski definition) is 2. The number of halogens is 1. The van der Waals surface area contributed by atoms with Crippen LogP contribution in [0.2, 0.25) is 0 Å². The number of sulfonamides is 1. The molecule has 3 heterocycles. The van der Waals surface area contributed by atoms with Crippen LogP contribution in [0, 0.1) is 0 Å². The van der Waals surface area contributed by atoms with Crippen molar-refractivity contribution in [2.75, 3.05) is 13.2 Å². The molecular weight excluding hydrogens is 288 g/mol. The first-order valence-electron chi connectivity index (χ1n) is 6.98. The second-order valence-corrected chi connectivity index (χ2v) is 7.80. The van der Waals surface area contributed by atoms with Crippen molar-refractivity contribution in [2.45, 2.75) is 61.9 Å². The van der Waals surface area contributed by atoms with Crippen LogP contribution >= 0.6 is 12.4 Å². The van der Waals surface area contributed by atoms with Crippen LogP contribution < -0.4 is 10.0 Å². The molecule has 0 radical (unpaired) electrons. The number of piperidine rings is 1. The van der Waals surface area contributed by atoms with Gasteiger partial charge < -0.3 is 10.1 Å². The molecule has 0 spiro atoms. The molecule has 2 bridgehead atoms. The van der Waals surface area contributed by atoms with Crippen LogP contribution in [0.1, 0.15) is 38.5 Å². The lowest BCUT2D eigenvalue weighted by Crippen LogP contribution is -2.51. The van der Waals surface area contributed by atoms with Gasteiger partial charge in [-0.15, -0.1) is 12.4 Å². The summed E-state index contributed by atoms with van der Waals surface area (Å²) in [5.41, 5.74) is 0. The molecule has 3 aliphatic heterocycles. The molecule has 2 N–H and O–H groups in total. The number of nitrogens with one attached hydrogen (secondary N) is 2. The van der Waals surface area contributed by atoms with Crippen LogP contribution in [0.4, 0.5) is 0 Å². The van der Waals surface area contributed by atoms with Crippen molar-refractivity contribution in [1.82, 2.24) is 10.0 Å². The number of ether oxygens (including phenoxy) is 1. The van der Waals surface area contributed by atoms with E-state index < -0.39 is 10.0 Å². The molecule has 19 heavy (non-hydrogen) atoms. The van der Waals surface area contributed by atoms with E-state index in [1.54, 1.807) is 0 Å². The Morgan fingerprint density at radius 3 is 2.37 bits per heavy atom. The fourth-order valence-electron chi connectivity index (χ4n) is 3.44. The Balaban J connectivity index is 0.00000133. The second kappa shape index (κ2) is 6.26. The van der Waals surface area contributed by atoms with E-state index in [1.807, 2.05) is 0 Å². The van der Waals surface area contributed by atoms with Gasteiger partial charge in [0.15, 0.2) is 0 Å². The van der Waals surface area contributed by atoms with E-state index >= 15 is 0 Å². The van der Waals surface area contributed by atoms with Crippen molar-refractivity contribution >= 4 is 22.4 Å². The van der Waals surface area contributed by atoms with Crippen LogP contribution in [0.25, 0.3) is 0 Å². The molecule has 112 valence electrons. The Labute approximate surface area is 121 Å². The van der Waals surface area contributed by atoms with Gasteiger partial charge in [0.05, 0.1) is 11.9 Å². The zero-order valence-electron chi connectivity index (χ0n) is 11.0. The second-order valence-electron chi connectivity index (χ2n) is 5.81. The molecule has 3 rings (SSSR count). The lowest BCUT2D eigenvalue weighted by molar-refractivity contribution is 0.0986. The Morgan fingerprint density at radius 1 is 1.11 bits per heavy atom. The highest BCUT2D eigenvalue weighted by molar-refractivity contribution is 7.90. The van der Waals surface area contributed by atoms with E-state index in [9.17, 15) is 8.42 Å². The molecule has 3 saturated heterocycles. The highest BCUT2D eigenvalue weighted by Crippen LogP contribution is 2.27. The molecule has 0 aromatic rings. The van der Waals surface area contributed by atoms with Gasteiger partial charge in [-0.05, 0) is 38.5 Å². The molecule has 0 amide bonds. The highest BCUT2D eigenvalue weighted by Gasteiger charge is 2.37. The van der Waals surface area contributed by atoms with Gasteiger partial charge in [0.2, 0.25) is 10.0 Å². The van der Waals surface area contributed by atoms with Crippen LogP contribution in [0.3, 0.4) is 0 Å². The summed E-state index contributed by atoms with van der Waals surface area (Å²) in [7, 11) is -3.20. The highest BCUT2D eigenvalue weighted by atomic mass is 35.5. The number of rotatable bonds is 3. The summed E-state index contributed by atoms with van der Waals surface area (Å²) >= 11 is 0. The minimum atomic E-state index is -3.20. The van der Waals surface area contributed by atoms with Gasteiger partial charge in [-0.25, -0.2) is 13.1 Å². The van der Waals surface area contributed by atoms with E-state index in [0.29, 0.717) is 25.3 Å². The monoisotopic (exact) mass is 310 g/mol. The molecule has 3 aliphatic rings. The fraction of sp³-hybridized carbons (Fsp3) is 1.00. The van der Waals surface area contributed by atoms with Gasteiger partial charge in [0.1, 0.15) is 0 Å². The van der Waals surface area contributed by atoms with E-state index in [2.05, 4.69) is 10.0 Å². The Hall–Kier alpha value is 0.120. The third kappa shape index (κ3) is 3.61. The molecule has 0 aliphatic carbocycles. The van der Waals surface area contributed by atoms with E-state index in [1.165, 1.54) is 12.8 Å². The van der Waals surface area contributed by atoms with Gasteiger partial charge in [0.25, 0.3) is 0 Å². The molecule has 7 heteroatoms. The quantitative estimate of drug-likeness (QED) is 0.809. The minimum absolute atomic E-state index is 0. The van der Waals surface area contributed by atoms with Crippen molar-refractivity contribution in [3.63, 3.8) is 0 Å². The molecule has 3 fully saturated rings. The van der Waals surface area contributed by atoms with Crippen molar-refractivity contribution in [1.29, 1.82) is 0 Å². The normalized spacial score (nSPS) is 38.7. The molecule has 3 unspecified atom stereocenters. The van der Waals surface area contributed by atoms with Crippen LogP contribution in [0.5, 0.6) is 0 Å². The topological polar surface area (TPSA) is 67.4 Å². The van der Waals surface area contributed by atoms with Gasteiger partial charge in [-0.2, -0.15) is 0 Å². The first-order chi connectivity index (χ1) is 8.63. The SMILES string of the molecule is Cl.O=S(=O)(NC1CC2CCC(C1)N2)C1CCCOC1. The van der Waals surface area contributed by atoms with Gasteiger partial charge >= 0.3 is 0 Å². The average Bonchev–Trinajstić information content (AvgIpc) is 2.69. The largest absolute Gasteiger partial charge is 0.380 e. The standard InChI is InChI=1S/C12H22N2O3S.ClH/c15-18(16,12-2-1-5-17-8-12)14-11-6-9-3-4-10(7-11)13-9;/h9-14H,1-8H2;1H. The summed E-state index contributed by atoms with van der Waals surface area (Å²) in [6.07, 6.45) is 5.83. The maximum atomic E-state index is 12.3. The summed E-state index contributed by atoms with van der Waals surface area (Å²) in [5.74, 6) is 0. The Kier molecular flexibility index (Phi) is 5.11. The van der Waals surface area contributed by atoms with Crippen molar-refractivity contribution in [3.8, 4) is 0 Å². The zero-order valence-corrected chi connectivity index (χ0v) is 12.6. The summed E-state index contributed by atoms with van der Waals surface area (Å²) in [5, 5.41) is 3.18. The third-order valence-corrected chi connectivity index (χ3v) is 6.27. The Morgan fingerprint density at radius 2 is 1.79 bits per heavy atom. The maximum absolute atomic E-state index is 12.3. The Bertz CT molecular complexity index is 386. The third-order valence-electron chi connectivity index (χ3n) is 4.36. The molecule has 0 aromatic carbocycles. The van der Waals surface area contributed by atoms with Crippen molar-refractivity contribution in [3.05, 3.63) is 0 Å². The summed E-state index contributed by atoms with van der Waals surface area (Å²) < 4.78 is 32.8. The van der Waals surface area contributed by atoms with Crippen LogP contribution in [0.15, 0.2) is 0 Å². The fourth-order valence-corrected chi connectivity index (χ4v) is 5.04. The molecule has 5 nitrogen and oxygen atoms in total. The summed E-state index contributed by atoms with van der Waals surface area (Å²) in [6, 6.07) is 1.15. The van der Waals surface area contributed by atoms with Crippen LogP contribution in [-0.2, 0) is 14.8 Å². The summed E-state index contributed by atoms with van der Waals surface area (Å²) in [4.78, 5) is 0. The van der Waals surface area contributed by atoms with Gasteiger partial charge in [0, 0.05) is 24.7 Å². The van der Waals surface area contributed by atoms with Gasteiger partial charge in [-0.3, -0.25) is 0 Å². The van der Waals surface area contributed by atoms with Crippen LogP contribution in [-0.4, -0.2) is 45.0 Å². The van der Waals surface area contributed by atoms with Crippen molar-refractivity contribution in [2.24, 2.45) is 0 Å². The molecular formula is C12H23ClN2O3S. The number of hydrogen-bond acceptors (Lipinski definition) is 4. The maximum Gasteiger partial charge on any atom is 0.217 e. The minimum Gasteiger partial charge on any atom is -0.380 e. The van der Waals surface area contributed by atoms with Gasteiger partial charge in [-0.1, -0.05) is 0 Å². The predicted molar refractivity (Wildman–Crippen MR) is 76.1 cm³/mol. The summed E-state index contributed by atoms with van der Waals surface area (Å²) in [6.45, 7) is 1.05. The first-order valence-corrected chi connectivity index (χ1v) is 8.53. The van der Waals surface area contributed by atoms with E-state index in [4.69, 9.17) is 4.74 Å². The lowest BCUT2D eigenvalue weighted by atomic mass is 10.0.